The zero-order valence-electron chi connectivity index (χ0n) is 15.6. The molecule has 0 aliphatic carbocycles. The maximum atomic E-state index is 6.09. The van der Waals surface area contributed by atoms with Crippen molar-refractivity contribution in [1.82, 2.24) is 0 Å². The number of hydrogen-bond donors (Lipinski definition) is 1. The number of benzene rings is 3. The lowest BCUT2D eigenvalue weighted by molar-refractivity contribution is 0.306. The molecule has 0 aliphatic rings. The number of nitrogens with two attached hydrogens (primary N) is 1. The molecule has 2 N–H and O–H groups in total. The molecule has 0 spiro atoms. The maximum absolute atomic E-state index is 6.09. The summed E-state index contributed by atoms with van der Waals surface area (Å²) in [6.45, 7) is 5.50. The van der Waals surface area contributed by atoms with E-state index in [1.54, 1.807) is 0 Å². The number of ether oxygens (including phenoxy) is 1. The van der Waals surface area contributed by atoms with Crippen molar-refractivity contribution >= 4 is 0 Å². The van der Waals surface area contributed by atoms with Gasteiger partial charge in [-0.1, -0.05) is 71.8 Å². The van der Waals surface area contributed by atoms with Crippen LogP contribution in [0, 0.1) is 13.8 Å². The topological polar surface area (TPSA) is 35.2 Å². The Balaban J connectivity index is 1.70. The second-order valence-electron chi connectivity index (χ2n) is 6.98. The van der Waals surface area contributed by atoms with Crippen LogP contribution in [0.2, 0.25) is 0 Å². The molecular formula is C24H27NO. The molecule has 0 heterocycles. The fourth-order valence-electron chi connectivity index (χ4n) is 3.37. The minimum absolute atomic E-state index is 0.318. The van der Waals surface area contributed by atoms with Gasteiger partial charge in [-0.2, -0.15) is 0 Å². The van der Waals surface area contributed by atoms with E-state index in [4.69, 9.17) is 10.5 Å². The van der Waals surface area contributed by atoms with E-state index in [0.29, 0.717) is 19.1 Å². The molecule has 0 fully saturated rings. The normalized spacial score (nSPS) is 12.0. The minimum Gasteiger partial charge on any atom is -0.489 e. The predicted molar refractivity (Wildman–Crippen MR) is 109 cm³/mol. The zero-order chi connectivity index (χ0) is 18.4. The highest BCUT2D eigenvalue weighted by molar-refractivity contribution is 5.34. The Hall–Kier alpha value is -2.58. The van der Waals surface area contributed by atoms with Gasteiger partial charge in [-0.3, -0.25) is 0 Å². The third-order valence-corrected chi connectivity index (χ3v) is 4.63. The first-order valence-electron chi connectivity index (χ1n) is 9.18. The molecular weight excluding hydrogens is 318 g/mol. The van der Waals surface area contributed by atoms with Crippen molar-refractivity contribution in [2.75, 3.05) is 6.54 Å². The molecule has 26 heavy (non-hydrogen) atoms. The Bertz CT molecular complexity index is 822. The van der Waals surface area contributed by atoms with Gasteiger partial charge in [0.2, 0.25) is 0 Å². The quantitative estimate of drug-likeness (QED) is 0.641. The molecule has 0 aliphatic heterocycles. The average Bonchev–Trinajstić information content (AvgIpc) is 2.65. The van der Waals surface area contributed by atoms with Crippen LogP contribution < -0.4 is 10.5 Å². The minimum atomic E-state index is 0.318. The van der Waals surface area contributed by atoms with E-state index in [2.05, 4.69) is 62.4 Å². The van der Waals surface area contributed by atoms with E-state index in [9.17, 15) is 0 Å². The summed E-state index contributed by atoms with van der Waals surface area (Å²) in [7, 11) is 0. The third kappa shape index (κ3) is 4.96. The molecule has 0 saturated carbocycles. The number of hydrogen-bond acceptors (Lipinski definition) is 2. The molecule has 3 aromatic carbocycles. The van der Waals surface area contributed by atoms with Gasteiger partial charge in [0.05, 0.1) is 0 Å². The van der Waals surface area contributed by atoms with E-state index < -0.39 is 0 Å². The molecule has 0 bridgehead atoms. The molecule has 0 aromatic heterocycles. The summed E-state index contributed by atoms with van der Waals surface area (Å²) in [4.78, 5) is 0. The highest BCUT2D eigenvalue weighted by Crippen LogP contribution is 2.24. The van der Waals surface area contributed by atoms with Crippen LogP contribution in [0.5, 0.6) is 5.75 Å². The lowest BCUT2D eigenvalue weighted by atomic mass is 9.90. The maximum Gasteiger partial charge on any atom is 0.120 e. The first-order valence-corrected chi connectivity index (χ1v) is 9.18. The van der Waals surface area contributed by atoms with E-state index in [1.165, 1.54) is 27.8 Å². The Morgan fingerprint density at radius 3 is 2.19 bits per heavy atom. The standard InChI is InChI=1S/C24H27NO/c1-18-11-19(2)13-22(12-18)23(16-25)14-21-9-6-10-24(15-21)26-17-20-7-4-3-5-8-20/h3-13,15,23H,14,16-17,25H2,1-2H3. The van der Waals surface area contributed by atoms with Gasteiger partial charge in [0.1, 0.15) is 12.4 Å². The summed E-state index contributed by atoms with van der Waals surface area (Å²) in [5.74, 6) is 1.22. The Morgan fingerprint density at radius 2 is 1.50 bits per heavy atom. The van der Waals surface area contributed by atoms with E-state index >= 15 is 0 Å². The SMILES string of the molecule is Cc1cc(C)cc(C(CN)Cc2cccc(OCc3ccccc3)c2)c1. The van der Waals surface area contributed by atoms with Gasteiger partial charge in [-0.05, 0) is 55.6 Å². The summed E-state index contributed by atoms with van der Waals surface area (Å²) in [6.07, 6.45) is 0.919. The van der Waals surface area contributed by atoms with Crippen LogP contribution in [0.25, 0.3) is 0 Å². The zero-order valence-corrected chi connectivity index (χ0v) is 15.6. The van der Waals surface area contributed by atoms with Gasteiger partial charge < -0.3 is 10.5 Å². The van der Waals surface area contributed by atoms with Crippen LogP contribution in [-0.4, -0.2) is 6.54 Å². The van der Waals surface area contributed by atoms with Crippen LogP contribution in [0.4, 0.5) is 0 Å². The van der Waals surface area contributed by atoms with Gasteiger partial charge in [-0.15, -0.1) is 0 Å². The first kappa shape index (κ1) is 18.2. The summed E-state index contributed by atoms with van der Waals surface area (Å²) in [6, 6.07) is 25.3. The fraction of sp³-hybridized carbons (Fsp3) is 0.250. The van der Waals surface area contributed by atoms with Gasteiger partial charge in [0.15, 0.2) is 0 Å². The fourth-order valence-corrected chi connectivity index (χ4v) is 3.37. The Morgan fingerprint density at radius 1 is 0.808 bits per heavy atom. The van der Waals surface area contributed by atoms with Gasteiger partial charge in [-0.25, -0.2) is 0 Å². The highest BCUT2D eigenvalue weighted by atomic mass is 16.5. The number of rotatable bonds is 7. The predicted octanol–water partition coefficient (Wildman–Crippen LogP) is 5.17. The second kappa shape index (κ2) is 8.68. The highest BCUT2D eigenvalue weighted by Gasteiger charge is 2.12. The van der Waals surface area contributed by atoms with Crippen molar-refractivity contribution in [1.29, 1.82) is 0 Å². The van der Waals surface area contributed by atoms with E-state index in [-0.39, 0.29) is 0 Å². The molecule has 2 nitrogen and oxygen atoms in total. The third-order valence-electron chi connectivity index (χ3n) is 4.63. The van der Waals surface area contributed by atoms with Crippen molar-refractivity contribution in [3.8, 4) is 5.75 Å². The van der Waals surface area contributed by atoms with E-state index in [1.807, 2.05) is 24.3 Å². The van der Waals surface area contributed by atoms with Crippen LogP contribution in [-0.2, 0) is 13.0 Å². The summed E-state index contributed by atoms with van der Waals surface area (Å²) < 4.78 is 5.96. The molecule has 0 radical (unpaired) electrons. The van der Waals surface area contributed by atoms with E-state index in [0.717, 1.165) is 12.2 Å². The van der Waals surface area contributed by atoms with Gasteiger partial charge in [0.25, 0.3) is 0 Å². The molecule has 1 atom stereocenters. The van der Waals surface area contributed by atoms with Crippen molar-refractivity contribution in [2.24, 2.45) is 5.73 Å². The van der Waals surface area contributed by atoms with Crippen LogP contribution >= 0.6 is 0 Å². The molecule has 0 saturated heterocycles. The molecule has 0 amide bonds. The van der Waals surface area contributed by atoms with Crippen molar-refractivity contribution in [2.45, 2.75) is 32.8 Å². The van der Waals surface area contributed by atoms with Crippen LogP contribution in [0.15, 0.2) is 72.8 Å². The first-order chi connectivity index (χ1) is 12.6. The smallest absolute Gasteiger partial charge is 0.120 e. The molecule has 2 heteroatoms. The Kier molecular flexibility index (Phi) is 6.08. The molecule has 134 valence electrons. The van der Waals surface area contributed by atoms with Crippen LogP contribution in [0.3, 0.4) is 0 Å². The molecule has 1 unspecified atom stereocenters. The lowest BCUT2D eigenvalue weighted by Crippen LogP contribution is -2.15. The number of aryl methyl sites for hydroxylation is 2. The van der Waals surface area contributed by atoms with Gasteiger partial charge >= 0.3 is 0 Å². The van der Waals surface area contributed by atoms with Crippen molar-refractivity contribution in [3.05, 3.63) is 101 Å². The summed E-state index contributed by atoms with van der Waals surface area (Å²) in [5, 5.41) is 0. The lowest BCUT2D eigenvalue weighted by Gasteiger charge is -2.17. The Labute approximate surface area is 156 Å². The van der Waals surface area contributed by atoms with Crippen LogP contribution in [0.1, 0.15) is 33.7 Å². The monoisotopic (exact) mass is 345 g/mol. The summed E-state index contributed by atoms with van der Waals surface area (Å²) >= 11 is 0. The van der Waals surface area contributed by atoms with Gasteiger partial charge in [0, 0.05) is 5.92 Å². The average molecular weight is 345 g/mol. The second-order valence-corrected chi connectivity index (χ2v) is 6.98. The van der Waals surface area contributed by atoms with Crippen molar-refractivity contribution < 1.29 is 4.74 Å². The molecule has 3 rings (SSSR count). The molecule has 3 aromatic rings. The summed E-state index contributed by atoms with van der Waals surface area (Å²) in [5.41, 5.74) is 12.4. The van der Waals surface area contributed by atoms with Crippen molar-refractivity contribution in [3.63, 3.8) is 0 Å². The largest absolute Gasteiger partial charge is 0.489 e.